The highest BCUT2D eigenvalue weighted by Gasteiger charge is 2.10. The fourth-order valence-corrected chi connectivity index (χ4v) is 1.62. The highest BCUT2D eigenvalue weighted by molar-refractivity contribution is 5.38. The normalized spacial score (nSPS) is 17.5. The van der Waals surface area contributed by atoms with Crippen LogP contribution < -0.4 is 5.43 Å². The number of rotatable bonds is 3. The Bertz CT molecular complexity index is 351. The fourth-order valence-electron chi connectivity index (χ4n) is 1.62. The van der Waals surface area contributed by atoms with E-state index in [4.69, 9.17) is 9.84 Å². The number of hydrogen-bond acceptors (Lipinski definition) is 5. The lowest BCUT2D eigenvalue weighted by Gasteiger charge is -2.27. The molecular formula is C11H16N2O3. The third-order valence-corrected chi connectivity index (χ3v) is 2.57. The fraction of sp³-hybridized carbons (Fsp3) is 0.455. The van der Waals surface area contributed by atoms with Crippen molar-refractivity contribution in [3.05, 3.63) is 23.8 Å². The van der Waals surface area contributed by atoms with Gasteiger partial charge in [0, 0.05) is 31.3 Å². The molecule has 0 atom stereocenters. The Morgan fingerprint density at radius 2 is 2.00 bits per heavy atom. The minimum absolute atomic E-state index is 0.0765. The summed E-state index contributed by atoms with van der Waals surface area (Å²) in [6, 6.07) is 4.62. The smallest absolute Gasteiger partial charge is 0.123 e. The number of morpholine rings is 1. The summed E-state index contributed by atoms with van der Waals surface area (Å²) in [6.07, 6.45) is 0. The number of benzene rings is 1. The van der Waals surface area contributed by atoms with Gasteiger partial charge in [-0.3, -0.25) is 5.43 Å². The van der Waals surface area contributed by atoms with Crippen molar-refractivity contribution in [1.82, 2.24) is 10.4 Å². The quantitative estimate of drug-likeness (QED) is 0.695. The molecule has 2 rings (SSSR count). The Morgan fingerprint density at radius 1 is 1.25 bits per heavy atom. The van der Waals surface area contributed by atoms with Gasteiger partial charge in [0.05, 0.1) is 13.2 Å². The number of nitrogens with one attached hydrogen (secondary N) is 1. The minimum atomic E-state index is 0.0765. The van der Waals surface area contributed by atoms with Crippen LogP contribution in [0, 0.1) is 0 Å². The molecule has 1 aliphatic heterocycles. The van der Waals surface area contributed by atoms with E-state index in [2.05, 4.69) is 10.4 Å². The van der Waals surface area contributed by atoms with Crippen molar-refractivity contribution >= 4 is 0 Å². The van der Waals surface area contributed by atoms with E-state index in [-0.39, 0.29) is 11.5 Å². The van der Waals surface area contributed by atoms with Crippen LogP contribution in [-0.2, 0) is 11.3 Å². The average molecular weight is 224 g/mol. The maximum atomic E-state index is 9.58. The van der Waals surface area contributed by atoms with Crippen molar-refractivity contribution in [2.75, 3.05) is 26.3 Å². The summed E-state index contributed by atoms with van der Waals surface area (Å²) in [5, 5.41) is 20.8. The lowest BCUT2D eigenvalue weighted by molar-refractivity contribution is 0.0105. The van der Waals surface area contributed by atoms with Crippen molar-refractivity contribution < 1.29 is 14.9 Å². The molecule has 16 heavy (non-hydrogen) atoms. The van der Waals surface area contributed by atoms with E-state index in [1.807, 2.05) is 0 Å². The summed E-state index contributed by atoms with van der Waals surface area (Å²) >= 11 is 0. The number of nitrogens with zero attached hydrogens (tertiary/aromatic N) is 1. The molecule has 5 nitrogen and oxygen atoms in total. The van der Waals surface area contributed by atoms with Crippen LogP contribution in [0.4, 0.5) is 0 Å². The first-order chi connectivity index (χ1) is 7.75. The SMILES string of the molecule is Oc1ccc(CNN2CCOCC2)c(O)c1. The number of phenols is 2. The zero-order chi connectivity index (χ0) is 11.4. The maximum absolute atomic E-state index is 9.58. The van der Waals surface area contributed by atoms with E-state index in [9.17, 15) is 5.11 Å². The van der Waals surface area contributed by atoms with Crippen molar-refractivity contribution in [1.29, 1.82) is 0 Å². The average Bonchev–Trinajstić information content (AvgIpc) is 2.29. The predicted molar refractivity (Wildman–Crippen MR) is 59.0 cm³/mol. The molecule has 0 radical (unpaired) electrons. The van der Waals surface area contributed by atoms with Gasteiger partial charge in [-0.25, -0.2) is 5.01 Å². The molecule has 5 heteroatoms. The molecule has 3 N–H and O–H groups in total. The summed E-state index contributed by atoms with van der Waals surface area (Å²) in [6.45, 7) is 3.70. The molecule has 1 heterocycles. The monoisotopic (exact) mass is 224 g/mol. The molecule has 88 valence electrons. The summed E-state index contributed by atoms with van der Waals surface area (Å²) in [5.74, 6) is 0.188. The van der Waals surface area contributed by atoms with Gasteiger partial charge in [0.1, 0.15) is 11.5 Å². The summed E-state index contributed by atoms with van der Waals surface area (Å²) in [7, 11) is 0. The van der Waals surface area contributed by atoms with Gasteiger partial charge in [-0.2, -0.15) is 0 Å². The Balaban J connectivity index is 1.88. The molecule has 1 aliphatic rings. The second-order valence-electron chi connectivity index (χ2n) is 3.75. The lowest BCUT2D eigenvalue weighted by atomic mass is 10.2. The molecular weight excluding hydrogens is 208 g/mol. The van der Waals surface area contributed by atoms with Crippen molar-refractivity contribution in [3.8, 4) is 11.5 Å². The van der Waals surface area contributed by atoms with Crippen molar-refractivity contribution in [2.45, 2.75) is 6.54 Å². The summed E-state index contributed by atoms with van der Waals surface area (Å²) < 4.78 is 5.23. The second-order valence-corrected chi connectivity index (χ2v) is 3.75. The molecule has 0 amide bonds. The first-order valence-corrected chi connectivity index (χ1v) is 5.33. The Hall–Kier alpha value is -1.30. The van der Waals surface area contributed by atoms with Crippen LogP contribution in [0.1, 0.15) is 5.56 Å². The van der Waals surface area contributed by atoms with Gasteiger partial charge in [-0.1, -0.05) is 6.07 Å². The standard InChI is InChI=1S/C11H16N2O3/c14-10-2-1-9(11(15)7-10)8-12-13-3-5-16-6-4-13/h1-2,7,12,14-15H,3-6,8H2. The van der Waals surface area contributed by atoms with Crippen LogP contribution >= 0.6 is 0 Å². The van der Waals surface area contributed by atoms with E-state index in [1.165, 1.54) is 6.07 Å². The van der Waals surface area contributed by atoms with E-state index >= 15 is 0 Å². The number of phenolic OH excluding ortho intramolecular Hbond substituents is 2. The molecule has 1 saturated heterocycles. The van der Waals surface area contributed by atoms with Crippen LogP contribution in [0.2, 0.25) is 0 Å². The van der Waals surface area contributed by atoms with Crippen LogP contribution in [0.3, 0.4) is 0 Å². The van der Waals surface area contributed by atoms with E-state index in [1.54, 1.807) is 12.1 Å². The van der Waals surface area contributed by atoms with Gasteiger partial charge in [-0.15, -0.1) is 0 Å². The topological polar surface area (TPSA) is 65.0 Å². The Kier molecular flexibility index (Phi) is 3.61. The van der Waals surface area contributed by atoms with Crippen LogP contribution in [0.25, 0.3) is 0 Å². The molecule has 0 unspecified atom stereocenters. The Morgan fingerprint density at radius 3 is 2.69 bits per heavy atom. The molecule has 0 saturated carbocycles. The highest BCUT2D eigenvalue weighted by Crippen LogP contribution is 2.22. The zero-order valence-electron chi connectivity index (χ0n) is 9.02. The number of aromatic hydroxyl groups is 2. The third kappa shape index (κ3) is 2.85. The summed E-state index contributed by atoms with van der Waals surface area (Å²) in [5.41, 5.74) is 3.98. The first kappa shape index (κ1) is 11.2. The van der Waals surface area contributed by atoms with E-state index < -0.39 is 0 Å². The molecule has 1 aromatic carbocycles. The van der Waals surface area contributed by atoms with Crippen LogP contribution in [0.5, 0.6) is 11.5 Å². The van der Waals surface area contributed by atoms with Gasteiger partial charge in [0.15, 0.2) is 0 Å². The lowest BCUT2D eigenvalue weighted by Crippen LogP contribution is -2.45. The molecule has 0 bridgehead atoms. The largest absolute Gasteiger partial charge is 0.508 e. The first-order valence-electron chi connectivity index (χ1n) is 5.33. The Labute approximate surface area is 94.2 Å². The second kappa shape index (κ2) is 5.16. The predicted octanol–water partition coefficient (Wildman–Crippen LogP) is 0.435. The van der Waals surface area contributed by atoms with Crippen LogP contribution in [0.15, 0.2) is 18.2 Å². The third-order valence-electron chi connectivity index (χ3n) is 2.57. The molecule has 0 aliphatic carbocycles. The molecule has 0 aromatic heterocycles. The summed E-state index contributed by atoms with van der Waals surface area (Å²) in [4.78, 5) is 0. The van der Waals surface area contributed by atoms with E-state index in [0.717, 1.165) is 31.9 Å². The molecule has 1 fully saturated rings. The van der Waals surface area contributed by atoms with Gasteiger partial charge in [0.2, 0.25) is 0 Å². The van der Waals surface area contributed by atoms with Crippen molar-refractivity contribution in [2.24, 2.45) is 0 Å². The molecule has 0 spiro atoms. The highest BCUT2D eigenvalue weighted by atomic mass is 16.5. The number of ether oxygens (including phenoxy) is 1. The molecule has 1 aromatic rings. The van der Waals surface area contributed by atoms with Gasteiger partial charge in [-0.05, 0) is 6.07 Å². The van der Waals surface area contributed by atoms with Gasteiger partial charge >= 0.3 is 0 Å². The van der Waals surface area contributed by atoms with E-state index in [0.29, 0.717) is 6.54 Å². The maximum Gasteiger partial charge on any atom is 0.123 e. The van der Waals surface area contributed by atoms with Gasteiger partial charge in [0.25, 0.3) is 0 Å². The van der Waals surface area contributed by atoms with Crippen molar-refractivity contribution in [3.63, 3.8) is 0 Å². The zero-order valence-corrected chi connectivity index (χ0v) is 9.02. The number of hydrazine groups is 1. The van der Waals surface area contributed by atoms with Gasteiger partial charge < -0.3 is 14.9 Å². The number of hydrogen-bond donors (Lipinski definition) is 3. The minimum Gasteiger partial charge on any atom is -0.508 e. The van der Waals surface area contributed by atoms with Crippen LogP contribution in [-0.4, -0.2) is 41.5 Å².